The summed E-state index contributed by atoms with van der Waals surface area (Å²) in [7, 11) is 0. The zero-order chi connectivity index (χ0) is 6.69. The molecule has 0 bridgehead atoms. The maximum absolute atomic E-state index is 8.58. The van der Waals surface area contributed by atoms with Crippen LogP contribution in [-0.2, 0) is 0 Å². The monoisotopic (exact) mass is 129 g/mol. The molecule has 1 rings (SSSR count). The van der Waals surface area contributed by atoms with Gasteiger partial charge in [0.1, 0.15) is 0 Å². The lowest BCUT2D eigenvalue weighted by Crippen LogP contribution is -2.29. The van der Waals surface area contributed by atoms with Crippen molar-refractivity contribution in [2.45, 2.75) is 31.7 Å². The van der Waals surface area contributed by atoms with Crippen molar-refractivity contribution in [3.63, 3.8) is 0 Å². The molecule has 1 fully saturated rings. The van der Waals surface area contributed by atoms with Crippen molar-refractivity contribution >= 4 is 0 Å². The number of aliphatic hydroxyl groups is 1. The summed E-state index contributed by atoms with van der Waals surface area (Å²) in [5.41, 5.74) is 5.53. The highest BCUT2D eigenvalue weighted by Gasteiger charge is 2.19. The molecule has 3 N–H and O–H groups in total. The van der Waals surface area contributed by atoms with Gasteiger partial charge in [0.05, 0.1) is 6.61 Å². The molecule has 0 unspecified atom stereocenters. The van der Waals surface area contributed by atoms with Crippen LogP contribution in [0.3, 0.4) is 0 Å². The topological polar surface area (TPSA) is 46.2 Å². The average Bonchev–Trinajstić information content (AvgIpc) is 1.78. The van der Waals surface area contributed by atoms with Gasteiger partial charge in [0, 0.05) is 6.04 Å². The molecule has 0 aromatic carbocycles. The van der Waals surface area contributed by atoms with Crippen molar-refractivity contribution in [1.29, 1.82) is 0 Å². The van der Waals surface area contributed by atoms with Crippen LogP contribution in [0.4, 0.5) is 0 Å². The predicted molar refractivity (Wildman–Crippen MR) is 37.0 cm³/mol. The van der Waals surface area contributed by atoms with Crippen LogP contribution in [0.15, 0.2) is 0 Å². The lowest BCUT2D eigenvalue weighted by molar-refractivity contribution is 0.211. The Labute approximate surface area is 56.1 Å². The molecular formula is C7H15NO. The Bertz CT molecular complexity index is 78.2. The highest BCUT2D eigenvalue weighted by molar-refractivity contribution is 4.74. The van der Waals surface area contributed by atoms with Crippen molar-refractivity contribution in [1.82, 2.24) is 0 Å². The van der Waals surface area contributed by atoms with E-state index in [-0.39, 0.29) is 12.6 Å². The SMILES string of the molecule is N[C@H](CO)CC1CCC1. The minimum absolute atomic E-state index is 0.0373. The molecule has 0 saturated heterocycles. The first-order chi connectivity index (χ1) is 4.33. The molecule has 0 heterocycles. The summed E-state index contributed by atoms with van der Waals surface area (Å²) < 4.78 is 0. The molecule has 0 aromatic heterocycles. The maximum atomic E-state index is 8.58. The van der Waals surface area contributed by atoms with Crippen LogP contribution < -0.4 is 5.73 Å². The van der Waals surface area contributed by atoms with E-state index >= 15 is 0 Å². The summed E-state index contributed by atoms with van der Waals surface area (Å²) in [6.07, 6.45) is 5.04. The van der Waals surface area contributed by atoms with E-state index < -0.39 is 0 Å². The quantitative estimate of drug-likeness (QED) is 0.582. The summed E-state index contributed by atoms with van der Waals surface area (Å²) in [4.78, 5) is 0. The average molecular weight is 129 g/mol. The first-order valence-corrected chi connectivity index (χ1v) is 3.69. The summed E-state index contributed by atoms with van der Waals surface area (Å²) in [5, 5.41) is 8.58. The zero-order valence-corrected chi connectivity index (χ0v) is 5.71. The number of rotatable bonds is 3. The van der Waals surface area contributed by atoms with E-state index in [9.17, 15) is 0 Å². The Balaban J connectivity index is 2.01. The van der Waals surface area contributed by atoms with E-state index in [0.29, 0.717) is 0 Å². The Morgan fingerprint density at radius 3 is 2.56 bits per heavy atom. The molecule has 9 heavy (non-hydrogen) atoms. The summed E-state index contributed by atoms with van der Waals surface area (Å²) in [6.45, 7) is 0.149. The van der Waals surface area contributed by atoms with Gasteiger partial charge in [-0.05, 0) is 12.3 Å². The fraction of sp³-hybridized carbons (Fsp3) is 1.00. The van der Waals surface area contributed by atoms with Crippen molar-refractivity contribution in [3.05, 3.63) is 0 Å². The van der Waals surface area contributed by atoms with Gasteiger partial charge < -0.3 is 10.8 Å². The van der Waals surface area contributed by atoms with Gasteiger partial charge in [-0.2, -0.15) is 0 Å². The molecule has 0 amide bonds. The van der Waals surface area contributed by atoms with Crippen LogP contribution >= 0.6 is 0 Å². The number of hydrogen-bond acceptors (Lipinski definition) is 2. The van der Waals surface area contributed by atoms with Gasteiger partial charge in [-0.15, -0.1) is 0 Å². The molecule has 54 valence electrons. The molecule has 0 aliphatic heterocycles. The third-order valence-corrected chi connectivity index (χ3v) is 2.10. The largest absolute Gasteiger partial charge is 0.395 e. The standard InChI is InChI=1S/C7H15NO/c8-7(5-9)4-6-2-1-3-6/h6-7,9H,1-5,8H2/t7-/m0/s1. The molecule has 1 aliphatic rings. The van der Waals surface area contributed by atoms with Gasteiger partial charge in [-0.1, -0.05) is 19.3 Å². The van der Waals surface area contributed by atoms with E-state index in [1.54, 1.807) is 0 Å². The third kappa shape index (κ3) is 1.95. The van der Waals surface area contributed by atoms with E-state index in [2.05, 4.69) is 0 Å². The lowest BCUT2D eigenvalue weighted by atomic mass is 9.81. The minimum Gasteiger partial charge on any atom is -0.395 e. The Morgan fingerprint density at radius 1 is 1.56 bits per heavy atom. The molecule has 0 aromatic rings. The number of nitrogens with two attached hydrogens (primary N) is 1. The first kappa shape index (κ1) is 7.03. The van der Waals surface area contributed by atoms with E-state index in [0.717, 1.165) is 12.3 Å². The van der Waals surface area contributed by atoms with E-state index in [1.807, 2.05) is 0 Å². The van der Waals surface area contributed by atoms with Crippen molar-refractivity contribution in [2.75, 3.05) is 6.61 Å². The molecule has 1 aliphatic carbocycles. The Kier molecular flexibility index (Phi) is 2.49. The number of aliphatic hydroxyl groups excluding tert-OH is 1. The second-order valence-electron chi connectivity index (χ2n) is 2.98. The smallest absolute Gasteiger partial charge is 0.0582 e. The normalized spacial score (nSPS) is 23.3. The van der Waals surface area contributed by atoms with Crippen LogP contribution in [0.5, 0.6) is 0 Å². The van der Waals surface area contributed by atoms with Gasteiger partial charge in [-0.3, -0.25) is 0 Å². The van der Waals surface area contributed by atoms with E-state index in [4.69, 9.17) is 10.8 Å². The second-order valence-corrected chi connectivity index (χ2v) is 2.98. The minimum atomic E-state index is 0.0373. The van der Waals surface area contributed by atoms with Gasteiger partial charge in [0.2, 0.25) is 0 Å². The zero-order valence-electron chi connectivity index (χ0n) is 5.71. The molecule has 1 saturated carbocycles. The van der Waals surface area contributed by atoms with Crippen LogP contribution in [0, 0.1) is 5.92 Å². The molecule has 0 radical (unpaired) electrons. The molecule has 0 spiro atoms. The number of hydrogen-bond donors (Lipinski definition) is 2. The summed E-state index contributed by atoms with van der Waals surface area (Å²) >= 11 is 0. The van der Waals surface area contributed by atoms with Crippen molar-refractivity contribution < 1.29 is 5.11 Å². The van der Waals surface area contributed by atoms with Crippen LogP contribution in [0.25, 0.3) is 0 Å². The maximum Gasteiger partial charge on any atom is 0.0582 e. The Morgan fingerprint density at radius 2 is 2.22 bits per heavy atom. The molecular weight excluding hydrogens is 114 g/mol. The van der Waals surface area contributed by atoms with Crippen molar-refractivity contribution in [3.8, 4) is 0 Å². The highest BCUT2D eigenvalue weighted by Crippen LogP contribution is 2.29. The van der Waals surface area contributed by atoms with Gasteiger partial charge >= 0.3 is 0 Å². The lowest BCUT2D eigenvalue weighted by Gasteiger charge is -2.27. The van der Waals surface area contributed by atoms with Gasteiger partial charge in [0.15, 0.2) is 0 Å². The predicted octanol–water partition coefficient (Wildman–Crippen LogP) is 0.496. The highest BCUT2D eigenvalue weighted by atomic mass is 16.3. The fourth-order valence-corrected chi connectivity index (χ4v) is 1.23. The fourth-order valence-electron chi connectivity index (χ4n) is 1.23. The first-order valence-electron chi connectivity index (χ1n) is 3.69. The van der Waals surface area contributed by atoms with Crippen LogP contribution in [-0.4, -0.2) is 17.8 Å². The second kappa shape index (κ2) is 3.18. The van der Waals surface area contributed by atoms with Gasteiger partial charge in [-0.25, -0.2) is 0 Å². The van der Waals surface area contributed by atoms with Crippen LogP contribution in [0.2, 0.25) is 0 Å². The molecule has 2 nitrogen and oxygen atoms in total. The van der Waals surface area contributed by atoms with Crippen molar-refractivity contribution in [2.24, 2.45) is 11.7 Å². The van der Waals surface area contributed by atoms with Gasteiger partial charge in [0.25, 0.3) is 0 Å². The van der Waals surface area contributed by atoms with E-state index in [1.165, 1.54) is 19.3 Å². The third-order valence-electron chi connectivity index (χ3n) is 2.10. The summed E-state index contributed by atoms with van der Waals surface area (Å²) in [5.74, 6) is 0.826. The Hall–Kier alpha value is -0.0800. The molecule has 1 atom stereocenters. The van der Waals surface area contributed by atoms with Crippen LogP contribution in [0.1, 0.15) is 25.7 Å². The summed E-state index contributed by atoms with van der Waals surface area (Å²) in [6, 6.07) is 0.0373. The molecule has 2 heteroatoms.